The molecule has 0 fully saturated rings. The first-order valence-electron chi connectivity index (χ1n) is 8.04. The highest BCUT2D eigenvalue weighted by atomic mass is 79.9. The summed E-state index contributed by atoms with van der Waals surface area (Å²) < 4.78 is 6.35. The number of benzene rings is 1. The Bertz CT molecular complexity index is 682. The SMILES string of the molecule is CN(C)C(=O)CNC(=NCc1ccc(Br)cc1)NCCc1ccco1. The molecule has 134 valence electrons. The molecular weight excluding hydrogens is 384 g/mol. The molecule has 2 rings (SSSR count). The second kappa shape index (κ2) is 9.88. The summed E-state index contributed by atoms with van der Waals surface area (Å²) in [7, 11) is 3.46. The van der Waals surface area contributed by atoms with Crippen molar-refractivity contribution in [1.82, 2.24) is 15.5 Å². The van der Waals surface area contributed by atoms with Crippen LogP contribution in [0.2, 0.25) is 0 Å². The highest BCUT2D eigenvalue weighted by Crippen LogP contribution is 2.11. The summed E-state index contributed by atoms with van der Waals surface area (Å²) in [6, 6.07) is 11.8. The molecule has 6 nitrogen and oxygen atoms in total. The summed E-state index contributed by atoms with van der Waals surface area (Å²) in [5, 5.41) is 6.30. The molecule has 7 heteroatoms. The molecule has 0 unspecified atom stereocenters. The van der Waals surface area contributed by atoms with Gasteiger partial charge in [-0.05, 0) is 29.8 Å². The smallest absolute Gasteiger partial charge is 0.241 e. The fraction of sp³-hybridized carbons (Fsp3) is 0.333. The van der Waals surface area contributed by atoms with Crippen molar-refractivity contribution >= 4 is 27.8 Å². The van der Waals surface area contributed by atoms with E-state index in [4.69, 9.17) is 4.42 Å². The first-order chi connectivity index (χ1) is 12.0. The maximum atomic E-state index is 11.8. The lowest BCUT2D eigenvalue weighted by atomic mass is 10.2. The fourth-order valence-electron chi connectivity index (χ4n) is 2.01. The monoisotopic (exact) mass is 406 g/mol. The first-order valence-corrected chi connectivity index (χ1v) is 8.83. The highest BCUT2D eigenvalue weighted by molar-refractivity contribution is 9.10. The third-order valence-electron chi connectivity index (χ3n) is 3.48. The van der Waals surface area contributed by atoms with Gasteiger partial charge in [0.15, 0.2) is 5.96 Å². The van der Waals surface area contributed by atoms with Crippen LogP contribution >= 0.6 is 15.9 Å². The molecule has 2 aromatic rings. The largest absolute Gasteiger partial charge is 0.469 e. The normalized spacial score (nSPS) is 11.2. The molecule has 0 saturated carbocycles. The van der Waals surface area contributed by atoms with Crippen LogP contribution in [-0.2, 0) is 17.8 Å². The van der Waals surface area contributed by atoms with E-state index in [0.717, 1.165) is 22.2 Å². The van der Waals surface area contributed by atoms with Crippen LogP contribution in [0.15, 0.2) is 56.5 Å². The summed E-state index contributed by atoms with van der Waals surface area (Å²) in [6.07, 6.45) is 2.40. The van der Waals surface area contributed by atoms with Crippen molar-refractivity contribution in [2.24, 2.45) is 4.99 Å². The van der Waals surface area contributed by atoms with Crippen LogP contribution in [0.5, 0.6) is 0 Å². The number of carbonyl (C=O) groups is 1. The molecule has 0 bridgehead atoms. The van der Waals surface area contributed by atoms with Crippen molar-refractivity contribution in [3.63, 3.8) is 0 Å². The van der Waals surface area contributed by atoms with E-state index in [9.17, 15) is 4.79 Å². The van der Waals surface area contributed by atoms with Crippen LogP contribution in [0, 0.1) is 0 Å². The number of nitrogens with zero attached hydrogens (tertiary/aromatic N) is 2. The van der Waals surface area contributed by atoms with Gasteiger partial charge in [0.2, 0.25) is 5.91 Å². The number of amides is 1. The molecule has 1 amide bonds. The first kappa shape index (κ1) is 19.1. The molecule has 1 aromatic carbocycles. The van der Waals surface area contributed by atoms with Crippen LogP contribution in [0.1, 0.15) is 11.3 Å². The van der Waals surface area contributed by atoms with E-state index in [-0.39, 0.29) is 12.5 Å². The molecule has 0 radical (unpaired) electrons. The summed E-state index contributed by atoms with van der Waals surface area (Å²) >= 11 is 3.42. The molecule has 1 aromatic heterocycles. The average molecular weight is 407 g/mol. The number of guanidine groups is 1. The van der Waals surface area contributed by atoms with Gasteiger partial charge in [0.25, 0.3) is 0 Å². The van der Waals surface area contributed by atoms with Crippen molar-refractivity contribution in [2.45, 2.75) is 13.0 Å². The van der Waals surface area contributed by atoms with E-state index >= 15 is 0 Å². The minimum absolute atomic E-state index is 0.0100. The van der Waals surface area contributed by atoms with Crippen molar-refractivity contribution in [3.05, 3.63) is 58.5 Å². The van der Waals surface area contributed by atoms with Gasteiger partial charge in [-0.2, -0.15) is 0 Å². The Kier molecular flexibility index (Phi) is 7.53. The number of hydrogen-bond donors (Lipinski definition) is 2. The van der Waals surface area contributed by atoms with Gasteiger partial charge in [-0.1, -0.05) is 28.1 Å². The van der Waals surface area contributed by atoms with Crippen LogP contribution < -0.4 is 10.6 Å². The number of rotatable bonds is 7. The summed E-state index contributed by atoms with van der Waals surface area (Å²) in [5.41, 5.74) is 1.09. The molecule has 0 saturated heterocycles. The second-order valence-corrected chi connectivity index (χ2v) is 6.60. The van der Waals surface area contributed by atoms with Gasteiger partial charge >= 0.3 is 0 Å². The highest BCUT2D eigenvalue weighted by Gasteiger charge is 2.06. The van der Waals surface area contributed by atoms with E-state index in [1.54, 1.807) is 25.3 Å². The third kappa shape index (κ3) is 7.01. The van der Waals surface area contributed by atoms with Crippen LogP contribution in [0.4, 0.5) is 0 Å². The lowest BCUT2D eigenvalue weighted by molar-refractivity contribution is -0.127. The number of carbonyl (C=O) groups excluding carboxylic acids is 1. The molecule has 0 aliphatic rings. The van der Waals surface area contributed by atoms with E-state index in [0.29, 0.717) is 19.0 Å². The Morgan fingerprint density at radius 3 is 2.60 bits per heavy atom. The Labute approximate surface area is 156 Å². The Morgan fingerprint density at radius 1 is 1.20 bits per heavy atom. The number of nitrogens with one attached hydrogen (secondary N) is 2. The number of halogens is 1. The molecule has 0 spiro atoms. The van der Waals surface area contributed by atoms with Crippen molar-refractivity contribution < 1.29 is 9.21 Å². The lowest BCUT2D eigenvalue weighted by Gasteiger charge is -2.14. The summed E-state index contributed by atoms with van der Waals surface area (Å²) in [5.74, 6) is 1.50. The quantitative estimate of drug-likeness (QED) is 0.547. The van der Waals surface area contributed by atoms with Crippen molar-refractivity contribution in [3.8, 4) is 0 Å². The molecule has 1 heterocycles. The van der Waals surface area contributed by atoms with Crippen molar-refractivity contribution in [2.75, 3.05) is 27.2 Å². The third-order valence-corrected chi connectivity index (χ3v) is 4.01. The van der Waals surface area contributed by atoms with Gasteiger partial charge in [-0.15, -0.1) is 0 Å². The lowest BCUT2D eigenvalue weighted by Crippen LogP contribution is -2.43. The molecule has 0 aliphatic carbocycles. The molecule has 2 N–H and O–H groups in total. The predicted octanol–water partition coefficient (Wildman–Crippen LogP) is 2.41. The Hall–Kier alpha value is -2.28. The van der Waals surface area contributed by atoms with Crippen molar-refractivity contribution in [1.29, 1.82) is 0 Å². The maximum Gasteiger partial charge on any atom is 0.241 e. The topological polar surface area (TPSA) is 69.9 Å². The van der Waals surface area contributed by atoms with Crippen LogP contribution in [0.25, 0.3) is 0 Å². The summed E-state index contributed by atoms with van der Waals surface area (Å²) in [4.78, 5) is 17.9. The standard InChI is InChI=1S/C18H23BrN4O2/c1-23(2)17(24)13-22-18(20-10-9-16-4-3-11-25-16)21-12-14-5-7-15(19)8-6-14/h3-8,11H,9-10,12-13H2,1-2H3,(H2,20,21,22). The average Bonchev–Trinajstić information content (AvgIpc) is 3.11. The number of furan rings is 1. The van der Waals surface area contributed by atoms with E-state index in [1.807, 2.05) is 36.4 Å². The van der Waals surface area contributed by atoms with Gasteiger partial charge in [0, 0.05) is 31.5 Å². The van der Waals surface area contributed by atoms with Gasteiger partial charge in [-0.3, -0.25) is 4.79 Å². The van der Waals surface area contributed by atoms with Crippen LogP contribution in [0.3, 0.4) is 0 Å². The second-order valence-electron chi connectivity index (χ2n) is 5.69. The molecule has 0 atom stereocenters. The zero-order chi connectivity index (χ0) is 18.1. The van der Waals surface area contributed by atoms with E-state index in [1.165, 1.54) is 0 Å². The van der Waals surface area contributed by atoms with Gasteiger partial charge in [0.1, 0.15) is 5.76 Å². The number of hydrogen-bond acceptors (Lipinski definition) is 3. The molecule has 0 aliphatic heterocycles. The number of aliphatic imine (C=N–C) groups is 1. The molecular formula is C18H23BrN4O2. The maximum absolute atomic E-state index is 11.8. The minimum Gasteiger partial charge on any atom is -0.469 e. The van der Waals surface area contributed by atoms with Gasteiger partial charge in [-0.25, -0.2) is 4.99 Å². The predicted molar refractivity (Wildman–Crippen MR) is 102 cm³/mol. The van der Waals surface area contributed by atoms with E-state index < -0.39 is 0 Å². The van der Waals surface area contributed by atoms with Gasteiger partial charge < -0.3 is 20.0 Å². The minimum atomic E-state index is -0.0100. The van der Waals surface area contributed by atoms with E-state index in [2.05, 4.69) is 31.6 Å². The zero-order valence-corrected chi connectivity index (χ0v) is 16.0. The van der Waals surface area contributed by atoms with Crippen LogP contribution in [-0.4, -0.2) is 44.0 Å². The van der Waals surface area contributed by atoms with Gasteiger partial charge in [0.05, 0.1) is 19.4 Å². The molecule has 25 heavy (non-hydrogen) atoms. The number of likely N-dealkylation sites (N-methyl/N-ethyl adjacent to an activating group) is 1. The zero-order valence-electron chi connectivity index (χ0n) is 14.5. The Morgan fingerprint density at radius 2 is 1.96 bits per heavy atom. The fourth-order valence-corrected chi connectivity index (χ4v) is 2.28. The Balaban J connectivity index is 1.92. The summed E-state index contributed by atoms with van der Waals surface area (Å²) in [6.45, 7) is 1.38.